The van der Waals surface area contributed by atoms with Crippen molar-refractivity contribution in [2.24, 2.45) is 5.73 Å². The van der Waals surface area contributed by atoms with Gasteiger partial charge in [0.15, 0.2) is 6.61 Å². The molecule has 0 fully saturated rings. The third-order valence-corrected chi connectivity index (χ3v) is 1.43. The standard InChI is InChI=1S/C11H11N3O2/c1-9(12)5-11(15)16-4-2-3-10-6-13-8-14-7-10/h5-8H,4,12H2,1H3/b9-5-. The normalized spacial score (nSPS) is 10.2. The van der Waals surface area contributed by atoms with Crippen LogP contribution in [0.3, 0.4) is 0 Å². The number of aromatic nitrogens is 2. The minimum atomic E-state index is -0.501. The van der Waals surface area contributed by atoms with E-state index in [0.29, 0.717) is 11.3 Å². The van der Waals surface area contributed by atoms with E-state index in [0.717, 1.165) is 0 Å². The first-order valence-corrected chi connectivity index (χ1v) is 4.53. The molecular formula is C11H11N3O2. The SMILES string of the molecule is C/C(N)=C/C(=O)OCC#Cc1cncnc1. The molecule has 1 aromatic heterocycles. The number of allylic oxidation sites excluding steroid dienone is 1. The number of rotatable bonds is 2. The minimum absolute atomic E-state index is 0.0114. The second-order valence-corrected chi connectivity index (χ2v) is 2.92. The van der Waals surface area contributed by atoms with Crippen molar-refractivity contribution < 1.29 is 9.53 Å². The molecule has 0 saturated carbocycles. The molecule has 0 aliphatic rings. The summed E-state index contributed by atoms with van der Waals surface area (Å²) in [6.07, 6.45) is 5.77. The lowest BCUT2D eigenvalue weighted by Gasteiger charge is -1.94. The van der Waals surface area contributed by atoms with Gasteiger partial charge < -0.3 is 10.5 Å². The number of nitrogens with zero attached hydrogens (tertiary/aromatic N) is 2. The Hall–Kier alpha value is -2.35. The van der Waals surface area contributed by atoms with Crippen molar-refractivity contribution in [3.8, 4) is 11.8 Å². The fourth-order valence-electron chi connectivity index (χ4n) is 0.837. The third-order valence-electron chi connectivity index (χ3n) is 1.43. The fraction of sp³-hybridized carbons (Fsp3) is 0.182. The van der Waals surface area contributed by atoms with Crippen LogP contribution in [0, 0.1) is 11.8 Å². The van der Waals surface area contributed by atoms with Gasteiger partial charge in [0, 0.05) is 24.2 Å². The predicted molar refractivity (Wildman–Crippen MR) is 57.8 cm³/mol. The summed E-state index contributed by atoms with van der Waals surface area (Å²) < 4.78 is 4.76. The summed E-state index contributed by atoms with van der Waals surface area (Å²) in [6.45, 7) is 1.62. The highest BCUT2D eigenvalue weighted by molar-refractivity contribution is 5.82. The topological polar surface area (TPSA) is 78.1 Å². The van der Waals surface area contributed by atoms with Crippen LogP contribution in [0.5, 0.6) is 0 Å². The zero-order chi connectivity index (χ0) is 11.8. The van der Waals surface area contributed by atoms with Crippen LogP contribution in [0.4, 0.5) is 0 Å². The lowest BCUT2D eigenvalue weighted by Crippen LogP contribution is -2.04. The summed E-state index contributed by atoms with van der Waals surface area (Å²) in [5.74, 6) is 4.91. The summed E-state index contributed by atoms with van der Waals surface area (Å²) in [6, 6.07) is 0. The van der Waals surface area contributed by atoms with E-state index < -0.39 is 5.97 Å². The first kappa shape index (κ1) is 11.7. The number of nitrogens with two attached hydrogens (primary N) is 1. The van der Waals surface area contributed by atoms with Gasteiger partial charge in [-0.05, 0) is 6.92 Å². The average Bonchev–Trinajstić information content (AvgIpc) is 2.25. The summed E-state index contributed by atoms with van der Waals surface area (Å²) >= 11 is 0. The first-order valence-electron chi connectivity index (χ1n) is 4.53. The molecule has 82 valence electrons. The second-order valence-electron chi connectivity index (χ2n) is 2.92. The van der Waals surface area contributed by atoms with Gasteiger partial charge in [-0.2, -0.15) is 0 Å². The quantitative estimate of drug-likeness (QED) is 0.436. The molecule has 1 aromatic rings. The number of esters is 1. The molecule has 1 heterocycles. The largest absolute Gasteiger partial charge is 0.449 e. The highest BCUT2D eigenvalue weighted by Crippen LogP contribution is 1.88. The molecule has 0 atom stereocenters. The van der Waals surface area contributed by atoms with Crippen LogP contribution in [0.1, 0.15) is 12.5 Å². The van der Waals surface area contributed by atoms with Gasteiger partial charge in [-0.3, -0.25) is 0 Å². The summed E-state index contributed by atoms with van der Waals surface area (Å²) in [5, 5.41) is 0. The molecular weight excluding hydrogens is 206 g/mol. The predicted octanol–water partition coefficient (Wildman–Crippen LogP) is 0.234. The van der Waals surface area contributed by atoms with Crippen molar-refractivity contribution in [2.75, 3.05) is 6.61 Å². The molecule has 0 radical (unpaired) electrons. The van der Waals surface area contributed by atoms with Gasteiger partial charge in [-0.25, -0.2) is 14.8 Å². The molecule has 0 unspecified atom stereocenters. The van der Waals surface area contributed by atoms with Crippen LogP contribution in [0.2, 0.25) is 0 Å². The number of carbonyl (C=O) groups is 1. The van der Waals surface area contributed by atoms with Crippen molar-refractivity contribution in [3.05, 3.63) is 36.1 Å². The zero-order valence-corrected chi connectivity index (χ0v) is 8.80. The monoisotopic (exact) mass is 217 g/mol. The number of hydrogen-bond acceptors (Lipinski definition) is 5. The Morgan fingerprint density at radius 1 is 1.56 bits per heavy atom. The van der Waals surface area contributed by atoms with E-state index in [1.807, 2.05) is 0 Å². The molecule has 0 spiro atoms. The maximum atomic E-state index is 11.0. The van der Waals surface area contributed by atoms with E-state index in [9.17, 15) is 4.79 Å². The molecule has 0 bridgehead atoms. The van der Waals surface area contributed by atoms with Gasteiger partial charge >= 0.3 is 5.97 Å². The Bertz CT molecular complexity index is 439. The molecule has 0 aromatic carbocycles. The summed E-state index contributed by atoms with van der Waals surface area (Å²) in [7, 11) is 0. The van der Waals surface area contributed by atoms with E-state index in [-0.39, 0.29) is 6.61 Å². The van der Waals surface area contributed by atoms with Gasteiger partial charge in [0.05, 0.1) is 5.56 Å². The Labute approximate surface area is 93.3 Å². The highest BCUT2D eigenvalue weighted by Gasteiger charge is 1.94. The number of ether oxygens (including phenoxy) is 1. The first-order chi connectivity index (χ1) is 7.68. The van der Waals surface area contributed by atoms with Gasteiger partial charge in [-0.1, -0.05) is 11.8 Å². The zero-order valence-electron chi connectivity index (χ0n) is 8.80. The molecule has 0 aliphatic carbocycles. The molecule has 2 N–H and O–H groups in total. The summed E-state index contributed by atoms with van der Waals surface area (Å²) in [5.41, 5.74) is 6.36. The van der Waals surface area contributed by atoms with E-state index >= 15 is 0 Å². The van der Waals surface area contributed by atoms with E-state index in [1.54, 1.807) is 19.3 Å². The average molecular weight is 217 g/mol. The van der Waals surface area contributed by atoms with Crippen molar-refractivity contribution in [1.82, 2.24) is 9.97 Å². The van der Waals surface area contributed by atoms with E-state index in [2.05, 4.69) is 21.8 Å². The number of hydrogen-bond donors (Lipinski definition) is 1. The molecule has 16 heavy (non-hydrogen) atoms. The van der Waals surface area contributed by atoms with Crippen LogP contribution in [-0.2, 0) is 9.53 Å². The number of carbonyl (C=O) groups excluding carboxylic acids is 1. The van der Waals surface area contributed by atoms with Crippen molar-refractivity contribution >= 4 is 5.97 Å². The molecule has 5 nitrogen and oxygen atoms in total. The van der Waals surface area contributed by atoms with Gasteiger partial charge in [0.1, 0.15) is 6.33 Å². The smallest absolute Gasteiger partial charge is 0.333 e. The Kier molecular flexibility index (Phi) is 4.54. The van der Waals surface area contributed by atoms with E-state index in [4.69, 9.17) is 10.5 Å². The Morgan fingerprint density at radius 3 is 2.88 bits per heavy atom. The Morgan fingerprint density at radius 2 is 2.25 bits per heavy atom. The van der Waals surface area contributed by atoms with Crippen LogP contribution in [0.15, 0.2) is 30.5 Å². The molecule has 0 amide bonds. The van der Waals surface area contributed by atoms with Crippen LogP contribution < -0.4 is 5.73 Å². The maximum absolute atomic E-state index is 11.0. The fourth-order valence-corrected chi connectivity index (χ4v) is 0.837. The second kappa shape index (κ2) is 6.19. The van der Waals surface area contributed by atoms with Crippen LogP contribution in [-0.4, -0.2) is 22.5 Å². The maximum Gasteiger partial charge on any atom is 0.333 e. The lowest BCUT2D eigenvalue weighted by atomic mass is 10.3. The highest BCUT2D eigenvalue weighted by atomic mass is 16.5. The molecule has 1 rings (SSSR count). The molecule has 0 saturated heterocycles. The van der Waals surface area contributed by atoms with Crippen LogP contribution in [0.25, 0.3) is 0 Å². The van der Waals surface area contributed by atoms with Gasteiger partial charge in [0.25, 0.3) is 0 Å². The molecule has 5 heteroatoms. The van der Waals surface area contributed by atoms with Crippen molar-refractivity contribution in [3.63, 3.8) is 0 Å². The Balaban J connectivity index is 2.40. The third kappa shape index (κ3) is 4.77. The summed E-state index contributed by atoms with van der Waals surface area (Å²) in [4.78, 5) is 18.6. The van der Waals surface area contributed by atoms with E-state index in [1.165, 1.54) is 12.4 Å². The van der Waals surface area contributed by atoms with Gasteiger partial charge in [-0.15, -0.1) is 0 Å². The molecule has 0 aliphatic heterocycles. The lowest BCUT2D eigenvalue weighted by molar-refractivity contribution is -0.136. The van der Waals surface area contributed by atoms with Crippen molar-refractivity contribution in [1.29, 1.82) is 0 Å². The van der Waals surface area contributed by atoms with Crippen molar-refractivity contribution in [2.45, 2.75) is 6.92 Å². The minimum Gasteiger partial charge on any atom is -0.449 e. The van der Waals surface area contributed by atoms with Gasteiger partial charge in [0.2, 0.25) is 0 Å². The van der Waals surface area contributed by atoms with Crippen LogP contribution >= 0.6 is 0 Å².